The molecule has 0 fully saturated rings. The predicted octanol–water partition coefficient (Wildman–Crippen LogP) is 4.29. The fourth-order valence-electron chi connectivity index (χ4n) is 1.53. The van der Waals surface area contributed by atoms with Gasteiger partial charge in [0.25, 0.3) is 0 Å². The topological polar surface area (TPSA) is 38.0 Å². The minimum Gasteiger partial charge on any atom is -0.399 e. The van der Waals surface area contributed by atoms with E-state index in [4.69, 9.17) is 28.9 Å². The maximum atomic E-state index is 6.07. The molecule has 1 aromatic carbocycles. The first-order chi connectivity index (χ1) is 8.16. The first-order valence-corrected chi connectivity index (χ1v) is 6.81. The number of nitrogen functional groups attached to an aromatic ring is 1. The molecule has 1 heterocycles. The van der Waals surface area contributed by atoms with E-state index in [1.807, 2.05) is 6.07 Å². The normalized spacial score (nSPS) is 10.5. The van der Waals surface area contributed by atoms with Gasteiger partial charge in [0, 0.05) is 17.1 Å². The maximum Gasteiger partial charge on any atom is 0.0720 e. The van der Waals surface area contributed by atoms with Crippen LogP contribution in [-0.4, -0.2) is 6.54 Å². The van der Waals surface area contributed by atoms with Crippen LogP contribution >= 0.6 is 34.5 Å². The fourth-order valence-corrected chi connectivity index (χ4v) is 2.87. The molecule has 90 valence electrons. The highest BCUT2D eigenvalue weighted by atomic mass is 35.5. The molecule has 0 saturated carbocycles. The SMILES string of the molecule is Nc1cc(Cl)c(NCCc2cccs2)c(Cl)c1. The van der Waals surface area contributed by atoms with E-state index in [1.165, 1.54) is 4.88 Å². The number of nitrogens with one attached hydrogen (secondary N) is 1. The van der Waals surface area contributed by atoms with Gasteiger partial charge in [-0.2, -0.15) is 0 Å². The smallest absolute Gasteiger partial charge is 0.0720 e. The van der Waals surface area contributed by atoms with Crippen LogP contribution in [0.3, 0.4) is 0 Å². The van der Waals surface area contributed by atoms with Gasteiger partial charge in [-0.1, -0.05) is 29.3 Å². The zero-order valence-electron chi connectivity index (χ0n) is 9.04. The minimum absolute atomic E-state index is 0.557. The number of benzene rings is 1. The lowest BCUT2D eigenvalue weighted by molar-refractivity contribution is 1.04. The van der Waals surface area contributed by atoms with Crippen LogP contribution in [-0.2, 0) is 6.42 Å². The highest BCUT2D eigenvalue weighted by Gasteiger charge is 2.06. The molecule has 0 aliphatic carbocycles. The quantitative estimate of drug-likeness (QED) is 0.823. The van der Waals surface area contributed by atoms with Crippen LogP contribution in [0.2, 0.25) is 10.0 Å². The van der Waals surface area contributed by atoms with Crippen LogP contribution in [0.1, 0.15) is 4.88 Å². The number of halogens is 2. The number of rotatable bonds is 4. The van der Waals surface area contributed by atoms with Crippen LogP contribution in [0.15, 0.2) is 29.6 Å². The van der Waals surface area contributed by atoms with Gasteiger partial charge in [-0.15, -0.1) is 11.3 Å². The van der Waals surface area contributed by atoms with Gasteiger partial charge < -0.3 is 11.1 Å². The molecule has 0 bridgehead atoms. The van der Waals surface area contributed by atoms with E-state index in [9.17, 15) is 0 Å². The van der Waals surface area contributed by atoms with Crippen molar-refractivity contribution in [2.45, 2.75) is 6.42 Å². The molecule has 0 atom stereocenters. The number of thiophene rings is 1. The van der Waals surface area contributed by atoms with Gasteiger partial charge >= 0.3 is 0 Å². The van der Waals surface area contributed by atoms with Crippen LogP contribution in [0.25, 0.3) is 0 Å². The van der Waals surface area contributed by atoms with E-state index in [0.717, 1.165) is 18.7 Å². The van der Waals surface area contributed by atoms with Crippen molar-refractivity contribution >= 4 is 45.9 Å². The Kier molecular flexibility index (Phi) is 4.15. The minimum atomic E-state index is 0.557. The first-order valence-electron chi connectivity index (χ1n) is 5.17. The summed E-state index contributed by atoms with van der Waals surface area (Å²) in [7, 11) is 0. The highest BCUT2D eigenvalue weighted by molar-refractivity contribution is 7.09. The van der Waals surface area contributed by atoms with Crippen LogP contribution < -0.4 is 11.1 Å². The number of hydrogen-bond donors (Lipinski definition) is 2. The van der Waals surface area contributed by atoms with E-state index >= 15 is 0 Å². The summed E-state index contributed by atoms with van der Waals surface area (Å²) >= 11 is 13.9. The van der Waals surface area contributed by atoms with E-state index < -0.39 is 0 Å². The van der Waals surface area contributed by atoms with Gasteiger partial charge in [-0.3, -0.25) is 0 Å². The Balaban J connectivity index is 1.99. The van der Waals surface area contributed by atoms with Crippen molar-refractivity contribution in [1.29, 1.82) is 0 Å². The van der Waals surface area contributed by atoms with Crippen molar-refractivity contribution in [3.63, 3.8) is 0 Å². The summed E-state index contributed by atoms with van der Waals surface area (Å²) < 4.78 is 0. The van der Waals surface area contributed by atoms with Crippen molar-refractivity contribution in [3.05, 3.63) is 44.6 Å². The second-order valence-electron chi connectivity index (χ2n) is 3.62. The average Bonchev–Trinajstić information content (AvgIpc) is 2.74. The molecule has 17 heavy (non-hydrogen) atoms. The molecule has 0 radical (unpaired) electrons. The Morgan fingerprint density at radius 2 is 1.94 bits per heavy atom. The molecular weight excluding hydrogens is 275 g/mol. The van der Waals surface area contributed by atoms with Crippen molar-refractivity contribution in [1.82, 2.24) is 0 Å². The Hall–Kier alpha value is -0.900. The molecule has 2 nitrogen and oxygen atoms in total. The largest absolute Gasteiger partial charge is 0.399 e. The van der Waals surface area contributed by atoms with E-state index in [-0.39, 0.29) is 0 Å². The van der Waals surface area contributed by atoms with E-state index in [0.29, 0.717) is 15.7 Å². The molecule has 0 unspecified atom stereocenters. The zero-order valence-corrected chi connectivity index (χ0v) is 11.4. The second kappa shape index (κ2) is 5.63. The van der Waals surface area contributed by atoms with Crippen LogP contribution in [0, 0.1) is 0 Å². The van der Waals surface area contributed by atoms with E-state index in [1.54, 1.807) is 23.5 Å². The lowest BCUT2D eigenvalue weighted by atomic mass is 10.2. The molecule has 2 rings (SSSR count). The van der Waals surface area contributed by atoms with Gasteiger partial charge in [0.2, 0.25) is 0 Å². The molecule has 3 N–H and O–H groups in total. The Labute approximate surface area is 114 Å². The summed E-state index contributed by atoms with van der Waals surface area (Å²) in [5.74, 6) is 0. The van der Waals surface area contributed by atoms with Crippen molar-refractivity contribution in [3.8, 4) is 0 Å². The molecule has 0 amide bonds. The molecule has 2 aromatic rings. The summed E-state index contributed by atoms with van der Waals surface area (Å²) in [6.45, 7) is 0.796. The average molecular weight is 287 g/mol. The summed E-state index contributed by atoms with van der Waals surface area (Å²) in [5, 5.41) is 6.42. The number of anilines is 2. The third kappa shape index (κ3) is 3.28. The predicted molar refractivity (Wildman–Crippen MR) is 77.4 cm³/mol. The first kappa shape index (κ1) is 12.6. The Morgan fingerprint density at radius 1 is 1.24 bits per heavy atom. The molecule has 0 saturated heterocycles. The lowest BCUT2D eigenvalue weighted by Gasteiger charge is -2.10. The summed E-state index contributed by atoms with van der Waals surface area (Å²) in [5.41, 5.74) is 6.96. The van der Waals surface area contributed by atoms with Gasteiger partial charge in [0.1, 0.15) is 0 Å². The maximum absolute atomic E-state index is 6.07. The molecule has 5 heteroatoms. The second-order valence-corrected chi connectivity index (χ2v) is 5.46. The monoisotopic (exact) mass is 286 g/mol. The number of hydrogen-bond acceptors (Lipinski definition) is 3. The third-order valence-corrected chi connectivity index (χ3v) is 3.85. The summed E-state index contributed by atoms with van der Waals surface area (Å²) in [6.07, 6.45) is 0.953. The van der Waals surface area contributed by atoms with Gasteiger partial charge in [0.05, 0.1) is 15.7 Å². The molecule has 0 aliphatic heterocycles. The van der Waals surface area contributed by atoms with Crippen LogP contribution in [0.4, 0.5) is 11.4 Å². The van der Waals surface area contributed by atoms with Crippen molar-refractivity contribution in [2.75, 3.05) is 17.6 Å². The molecule has 0 aliphatic rings. The Bertz CT molecular complexity index is 474. The number of nitrogens with two attached hydrogens (primary N) is 1. The van der Waals surface area contributed by atoms with Crippen LogP contribution in [0.5, 0.6) is 0 Å². The molecule has 0 spiro atoms. The van der Waals surface area contributed by atoms with Crippen molar-refractivity contribution in [2.24, 2.45) is 0 Å². The Morgan fingerprint density at radius 3 is 2.53 bits per heavy atom. The summed E-state index contributed by atoms with van der Waals surface area (Å²) in [4.78, 5) is 1.33. The van der Waals surface area contributed by atoms with Gasteiger partial charge in [0.15, 0.2) is 0 Å². The van der Waals surface area contributed by atoms with Gasteiger partial charge in [-0.05, 0) is 30.0 Å². The van der Waals surface area contributed by atoms with E-state index in [2.05, 4.69) is 16.8 Å². The third-order valence-electron chi connectivity index (χ3n) is 2.32. The van der Waals surface area contributed by atoms with Gasteiger partial charge in [-0.25, -0.2) is 0 Å². The van der Waals surface area contributed by atoms with Crippen molar-refractivity contribution < 1.29 is 0 Å². The lowest BCUT2D eigenvalue weighted by Crippen LogP contribution is -2.05. The fraction of sp³-hybridized carbons (Fsp3) is 0.167. The highest BCUT2D eigenvalue weighted by Crippen LogP contribution is 2.32. The molecular formula is C12H12Cl2N2S. The summed E-state index contributed by atoms with van der Waals surface area (Å²) in [6, 6.07) is 7.55. The zero-order chi connectivity index (χ0) is 12.3. The standard InChI is InChI=1S/C12H12Cl2N2S/c13-10-6-8(15)7-11(14)12(10)16-4-3-9-2-1-5-17-9/h1-2,5-7,16H,3-4,15H2. The molecule has 1 aromatic heterocycles.